The number of aromatic nitrogens is 2. The van der Waals surface area contributed by atoms with Gasteiger partial charge in [0.1, 0.15) is 0 Å². The first-order chi connectivity index (χ1) is 9.17. The lowest BCUT2D eigenvalue weighted by atomic mass is 10.2. The maximum absolute atomic E-state index is 5.72. The number of nitrogens with two attached hydrogens (primary N) is 1. The number of hydrogen-bond donors (Lipinski definition) is 2. The topological polar surface area (TPSA) is 65.1 Å². The van der Waals surface area contributed by atoms with Crippen LogP contribution in [0.3, 0.4) is 0 Å². The van der Waals surface area contributed by atoms with Gasteiger partial charge in [-0.05, 0) is 37.9 Å². The Hall–Kier alpha value is -0.250. The Bertz CT molecular complexity index is 543. The van der Waals surface area contributed by atoms with Crippen LogP contribution in [0.2, 0.25) is 0 Å². The molecule has 0 saturated carbocycles. The van der Waals surface area contributed by atoms with Crippen LogP contribution >= 0.6 is 43.2 Å². The molecule has 2 aromatic rings. The van der Waals surface area contributed by atoms with E-state index in [0.717, 1.165) is 19.5 Å². The first-order valence-electron chi connectivity index (χ1n) is 5.57. The van der Waals surface area contributed by atoms with Gasteiger partial charge < -0.3 is 4.74 Å². The maximum atomic E-state index is 5.72. The van der Waals surface area contributed by atoms with Gasteiger partial charge in [0.25, 0.3) is 0 Å². The lowest BCUT2D eigenvalue weighted by Crippen LogP contribution is -2.30. The molecule has 2 rings (SSSR count). The summed E-state index contributed by atoms with van der Waals surface area (Å²) in [5.74, 6) is 5.72. The lowest BCUT2D eigenvalue weighted by molar-refractivity contribution is 0.182. The number of halogens is 2. The molecule has 19 heavy (non-hydrogen) atoms. The molecule has 0 radical (unpaired) electrons. The zero-order valence-corrected chi connectivity index (χ0v) is 14.3. The van der Waals surface area contributed by atoms with Gasteiger partial charge in [0, 0.05) is 21.8 Å². The molecule has 3 N–H and O–H groups in total. The Morgan fingerprint density at radius 1 is 1.58 bits per heavy atom. The first-order valence-corrected chi connectivity index (χ1v) is 8.04. The molecule has 0 spiro atoms. The summed E-state index contributed by atoms with van der Waals surface area (Å²) in [6.07, 6.45) is 1.78. The molecule has 0 bridgehead atoms. The largest absolute Gasteiger partial charge is 0.383 e. The number of nitrogens with zero attached hydrogens (tertiary/aromatic N) is 2. The van der Waals surface area contributed by atoms with E-state index in [1.807, 2.05) is 10.1 Å². The van der Waals surface area contributed by atoms with E-state index in [2.05, 4.69) is 48.5 Å². The molecule has 1 atom stereocenters. The minimum atomic E-state index is -0.106. The van der Waals surface area contributed by atoms with Gasteiger partial charge in [-0.3, -0.25) is 10.5 Å². The number of rotatable bonds is 6. The van der Waals surface area contributed by atoms with Crippen LogP contribution in [-0.4, -0.2) is 23.5 Å². The second kappa shape index (κ2) is 6.96. The molecular weight excluding hydrogens is 396 g/mol. The molecule has 1 unspecified atom stereocenters. The van der Waals surface area contributed by atoms with Gasteiger partial charge in [-0.2, -0.15) is 5.10 Å². The molecule has 104 valence electrons. The summed E-state index contributed by atoms with van der Waals surface area (Å²) in [5.41, 5.74) is 3.84. The predicted molar refractivity (Wildman–Crippen MR) is 83.0 cm³/mol. The standard InChI is InChI=1S/C11H14Br2N4OS/c1-18-3-2-17-11(8(13)5-15-17)10(16-14)9-4-7(12)6-19-9/h4-6,10,16H,2-3,14H2,1H3. The molecule has 0 amide bonds. The van der Waals surface area contributed by atoms with Gasteiger partial charge in [0.05, 0.1) is 35.6 Å². The van der Waals surface area contributed by atoms with Crippen molar-refractivity contribution in [2.24, 2.45) is 5.84 Å². The zero-order chi connectivity index (χ0) is 13.8. The summed E-state index contributed by atoms with van der Waals surface area (Å²) >= 11 is 8.63. The summed E-state index contributed by atoms with van der Waals surface area (Å²) in [6, 6.07) is 1.94. The van der Waals surface area contributed by atoms with Gasteiger partial charge in [-0.25, -0.2) is 5.43 Å². The fourth-order valence-corrected chi connectivity index (χ4v) is 3.82. The van der Waals surface area contributed by atoms with Crippen LogP contribution in [-0.2, 0) is 11.3 Å². The highest BCUT2D eigenvalue weighted by atomic mass is 79.9. The third-order valence-corrected chi connectivity index (χ3v) is 5.02. The van der Waals surface area contributed by atoms with E-state index in [1.165, 1.54) is 0 Å². The van der Waals surface area contributed by atoms with Crippen LogP contribution in [0.5, 0.6) is 0 Å². The van der Waals surface area contributed by atoms with Crippen molar-refractivity contribution in [2.45, 2.75) is 12.6 Å². The monoisotopic (exact) mass is 408 g/mol. The summed E-state index contributed by atoms with van der Waals surface area (Å²) in [6.45, 7) is 1.29. The van der Waals surface area contributed by atoms with Crippen LogP contribution in [0.1, 0.15) is 16.6 Å². The van der Waals surface area contributed by atoms with Gasteiger partial charge in [-0.15, -0.1) is 11.3 Å². The molecular formula is C11H14Br2N4OS. The van der Waals surface area contributed by atoms with Crippen LogP contribution < -0.4 is 11.3 Å². The second-order valence-corrected chi connectivity index (χ2v) is 6.57. The summed E-state index contributed by atoms with van der Waals surface area (Å²) < 4.78 is 8.97. The molecule has 0 aliphatic carbocycles. The first kappa shape index (κ1) is 15.1. The molecule has 0 aromatic carbocycles. The smallest absolute Gasteiger partial charge is 0.0981 e. The van der Waals surface area contributed by atoms with Crippen LogP contribution in [0, 0.1) is 0 Å². The molecule has 8 heteroatoms. The number of ether oxygens (including phenoxy) is 1. The normalized spacial score (nSPS) is 12.8. The molecule has 2 heterocycles. The van der Waals surface area contributed by atoms with Crippen LogP contribution in [0.15, 0.2) is 26.6 Å². The van der Waals surface area contributed by atoms with Gasteiger partial charge in [0.15, 0.2) is 0 Å². The maximum Gasteiger partial charge on any atom is 0.0981 e. The minimum Gasteiger partial charge on any atom is -0.383 e. The Balaban J connectivity index is 2.34. The summed E-state index contributed by atoms with van der Waals surface area (Å²) in [4.78, 5) is 1.12. The molecule has 0 aliphatic heterocycles. The quantitative estimate of drug-likeness (QED) is 0.568. The number of thiophene rings is 1. The number of hydrazine groups is 1. The Labute approximate surface area is 132 Å². The number of methoxy groups -OCH3 is 1. The second-order valence-electron chi connectivity index (χ2n) is 3.86. The SMILES string of the molecule is COCCn1ncc(Br)c1C(NN)c1cc(Br)cs1. The van der Waals surface area contributed by atoms with E-state index >= 15 is 0 Å². The van der Waals surface area contributed by atoms with Gasteiger partial charge >= 0.3 is 0 Å². The van der Waals surface area contributed by atoms with Crippen molar-refractivity contribution in [1.82, 2.24) is 15.2 Å². The van der Waals surface area contributed by atoms with Crippen LogP contribution in [0.4, 0.5) is 0 Å². The van der Waals surface area contributed by atoms with Crippen molar-refractivity contribution in [1.29, 1.82) is 0 Å². The van der Waals surface area contributed by atoms with Crippen LogP contribution in [0.25, 0.3) is 0 Å². The Morgan fingerprint density at radius 2 is 2.37 bits per heavy atom. The summed E-state index contributed by atoms with van der Waals surface area (Å²) in [7, 11) is 1.67. The van der Waals surface area contributed by atoms with Crippen molar-refractivity contribution >= 4 is 43.2 Å². The minimum absolute atomic E-state index is 0.106. The third-order valence-electron chi connectivity index (χ3n) is 2.65. The van der Waals surface area contributed by atoms with Crippen molar-refractivity contribution in [3.8, 4) is 0 Å². The zero-order valence-electron chi connectivity index (χ0n) is 10.3. The molecule has 0 aliphatic rings. The van der Waals surface area contributed by atoms with Crippen molar-refractivity contribution < 1.29 is 4.74 Å². The average molecular weight is 410 g/mol. The van der Waals surface area contributed by atoms with E-state index in [9.17, 15) is 0 Å². The summed E-state index contributed by atoms with van der Waals surface area (Å²) in [5, 5.41) is 6.37. The number of nitrogens with one attached hydrogen (secondary N) is 1. The predicted octanol–water partition coefficient (Wildman–Crippen LogP) is 2.67. The fraction of sp³-hybridized carbons (Fsp3) is 0.364. The van der Waals surface area contributed by atoms with E-state index in [0.29, 0.717) is 13.2 Å². The van der Waals surface area contributed by atoms with E-state index in [-0.39, 0.29) is 6.04 Å². The van der Waals surface area contributed by atoms with Crippen molar-refractivity contribution in [3.63, 3.8) is 0 Å². The third kappa shape index (κ3) is 3.45. The van der Waals surface area contributed by atoms with E-state index in [4.69, 9.17) is 10.6 Å². The highest BCUT2D eigenvalue weighted by Gasteiger charge is 2.22. The Morgan fingerprint density at radius 3 is 2.95 bits per heavy atom. The molecule has 2 aromatic heterocycles. The lowest BCUT2D eigenvalue weighted by Gasteiger charge is -2.17. The molecule has 0 saturated heterocycles. The van der Waals surface area contributed by atoms with E-state index < -0.39 is 0 Å². The van der Waals surface area contributed by atoms with Gasteiger partial charge in [0.2, 0.25) is 0 Å². The molecule has 0 fully saturated rings. The van der Waals surface area contributed by atoms with Crippen molar-refractivity contribution in [3.05, 3.63) is 37.2 Å². The average Bonchev–Trinajstić information content (AvgIpc) is 2.97. The number of hydrogen-bond acceptors (Lipinski definition) is 5. The molecule has 5 nitrogen and oxygen atoms in total. The highest BCUT2D eigenvalue weighted by Crippen LogP contribution is 2.33. The highest BCUT2D eigenvalue weighted by molar-refractivity contribution is 9.10. The van der Waals surface area contributed by atoms with Crippen molar-refractivity contribution in [2.75, 3.05) is 13.7 Å². The van der Waals surface area contributed by atoms with E-state index in [1.54, 1.807) is 24.6 Å². The van der Waals surface area contributed by atoms with Gasteiger partial charge in [-0.1, -0.05) is 0 Å². The Kier molecular flexibility index (Phi) is 5.55. The fourth-order valence-electron chi connectivity index (χ4n) is 1.79.